The summed E-state index contributed by atoms with van der Waals surface area (Å²) in [6.45, 7) is 4.43. The molecule has 2 aliphatic heterocycles. The van der Waals surface area contributed by atoms with Crippen LogP contribution in [0, 0.1) is 0 Å². The van der Waals surface area contributed by atoms with Crippen molar-refractivity contribution >= 4 is 27.7 Å². The number of rotatable bonds is 7. The maximum absolute atomic E-state index is 13.2. The third-order valence-electron chi connectivity index (χ3n) is 8.03. The summed E-state index contributed by atoms with van der Waals surface area (Å²) in [5, 5.41) is 0. The Bertz CT molecular complexity index is 1500. The first kappa shape index (κ1) is 27.4. The molecule has 1 amide bonds. The summed E-state index contributed by atoms with van der Waals surface area (Å²) in [6, 6.07) is 20.1. The molecule has 2 aromatic carbocycles. The Morgan fingerprint density at radius 3 is 2.32 bits per heavy atom. The van der Waals surface area contributed by atoms with Gasteiger partial charge in [0.05, 0.1) is 5.69 Å². The van der Waals surface area contributed by atoms with Crippen LogP contribution >= 0.6 is 15.9 Å². The second-order valence-corrected chi connectivity index (χ2v) is 11.4. The minimum Gasteiger partial charge on any atom is -0.485 e. The van der Waals surface area contributed by atoms with E-state index < -0.39 is 0 Å². The van der Waals surface area contributed by atoms with E-state index in [4.69, 9.17) is 10.5 Å². The number of anilines is 1. The van der Waals surface area contributed by atoms with E-state index in [9.17, 15) is 4.79 Å². The van der Waals surface area contributed by atoms with Gasteiger partial charge in [0.25, 0.3) is 5.91 Å². The normalized spacial score (nSPS) is 16.2. The van der Waals surface area contributed by atoms with Gasteiger partial charge in [0, 0.05) is 48.2 Å². The van der Waals surface area contributed by atoms with Crippen LogP contribution in [0.4, 0.5) is 5.82 Å². The zero-order chi connectivity index (χ0) is 28.2. The molecule has 2 aromatic heterocycles. The number of hydrogen-bond acceptors (Lipinski definition) is 7. The van der Waals surface area contributed by atoms with Crippen molar-refractivity contribution in [2.45, 2.75) is 38.3 Å². The number of hydrogen-bond donors (Lipinski definition) is 1. The summed E-state index contributed by atoms with van der Waals surface area (Å²) in [7, 11) is 0. The molecule has 41 heavy (non-hydrogen) atoms. The molecule has 2 aliphatic rings. The molecule has 0 bridgehead atoms. The number of amides is 1. The van der Waals surface area contributed by atoms with Crippen molar-refractivity contribution < 1.29 is 9.53 Å². The minimum atomic E-state index is 0.106. The van der Waals surface area contributed by atoms with Crippen LogP contribution in [0.25, 0.3) is 22.4 Å². The maximum Gasteiger partial charge on any atom is 0.253 e. The highest BCUT2D eigenvalue weighted by Gasteiger charge is 2.28. The molecule has 2 fully saturated rings. The number of carbonyl (C=O) groups excluding carboxylic acids is 1. The Kier molecular flexibility index (Phi) is 8.25. The number of benzene rings is 2. The molecule has 0 spiro atoms. The summed E-state index contributed by atoms with van der Waals surface area (Å²) in [6.07, 6.45) is 8.19. The first-order valence-corrected chi connectivity index (χ1v) is 14.9. The fraction of sp³-hybridized carbons (Fsp3) is 0.312. The number of halogens is 1. The van der Waals surface area contributed by atoms with Crippen LogP contribution in [-0.4, -0.2) is 62.9 Å². The summed E-state index contributed by atoms with van der Waals surface area (Å²) >= 11 is 3.31. The van der Waals surface area contributed by atoms with Crippen molar-refractivity contribution in [3.8, 4) is 28.1 Å². The van der Waals surface area contributed by atoms with Gasteiger partial charge >= 0.3 is 0 Å². The number of piperidine rings is 1. The van der Waals surface area contributed by atoms with Crippen LogP contribution in [0.3, 0.4) is 0 Å². The molecule has 2 saturated heterocycles. The minimum absolute atomic E-state index is 0.106. The number of aromatic nitrogens is 3. The third-order valence-corrected chi connectivity index (χ3v) is 8.41. The Labute approximate surface area is 248 Å². The molecule has 2 N–H and O–H groups in total. The lowest BCUT2D eigenvalue weighted by molar-refractivity contribution is 0.0644. The first-order chi connectivity index (χ1) is 20.0. The highest BCUT2D eigenvalue weighted by atomic mass is 79.9. The number of likely N-dealkylation sites (tertiary alicyclic amines) is 2. The van der Waals surface area contributed by atoms with Gasteiger partial charge in [0.1, 0.15) is 6.61 Å². The molecule has 8 nitrogen and oxygen atoms in total. The third kappa shape index (κ3) is 6.41. The Hall–Kier alpha value is -3.82. The lowest BCUT2D eigenvalue weighted by atomic mass is 10.0. The fourth-order valence-corrected chi connectivity index (χ4v) is 6.00. The molecule has 9 heteroatoms. The molecular formula is C32H33BrN6O2. The predicted molar refractivity (Wildman–Crippen MR) is 163 cm³/mol. The molecule has 6 rings (SSSR count). The number of ether oxygens (including phenoxy) is 1. The van der Waals surface area contributed by atoms with Crippen molar-refractivity contribution in [3.05, 3.63) is 88.9 Å². The van der Waals surface area contributed by atoms with E-state index in [1.54, 1.807) is 12.4 Å². The van der Waals surface area contributed by atoms with Gasteiger partial charge in [0.2, 0.25) is 0 Å². The van der Waals surface area contributed by atoms with E-state index in [1.165, 1.54) is 25.9 Å². The summed E-state index contributed by atoms with van der Waals surface area (Å²) < 4.78 is 6.61. The van der Waals surface area contributed by atoms with Crippen LogP contribution in [0.2, 0.25) is 0 Å². The smallest absolute Gasteiger partial charge is 0.253 e. The van der Waals surface area contributed by atoms with Gasteiger partial charge in [-0.1, -0.05) is 36.4 Å². The Morgan fingerprint density at radius 1 is 0.902 bits per heavy atom. The van der Waals surface area contributed by atoms with E-state index in [1.807, 2.05) is 65.6 Å². The topological polar surface area (TPSA) is 97.5 Å². The lowest BCUT2D eigenvalue weighted by Crippen LogP contribution is -2.45. The van der Waals surface area contributed by atoms with E-state index in [-0.39, 0.29) is 5.91 Å². The maximum atomic E-state index is 13.2. The molecule has 0 radical (unpaired) electrons. The lowest BCUT2D eigenvalue weighted by Gasteiger charge is -2.36. The standard InChI is InChI=1S/C32H33BrN6O2/c33-32-35-14-11-28(37-32)24-5-3-22(4-6-24)21-41-29-19-26(20-36-30(29)34)23-7-9-25(10-8-23)31(40)39-17-12-27(13-18-39)38-15-1-2-16-38/h3-11,14,19-20,27H,1-2,12-13,15-18,21H2,(H2,34,36). The van der Waals surface area contributed by atoms with Crippen molar-refractivity contribution in [2.24, 2.45) is 0 Å². The number of nitrogens with two attached hydrogens (primary N) is 1. The van der Waals surface area contributed by atoms with Gasteiger partial charge < -0.3 is 20.3 Å². The Balaban J connectivity index is 1.07. The van der Waals surface area contributed by atoms with Crippen LogP contribution in [-0.2, 0) is 6.61 Å². The SMILES string of the molecule is Nc1ncc(-c2ccc(C(=O)N3CCC(N4CCCC4)CC3)cc2)cc1OCc1ccc(-c2ccnc(Br)n2)cc1. The van der Waals surface area contributed by atoms with Crippen molar-refractivity contribution in [1.29, 1.82) is 0 Å². The number of nitrogens with zero attached hydrogens (tertiary/aromatic N) is 5. The summed E-state index contributed by atoms with van der Waals surface area (Å²) in [4.78, 5) is 30.6. The molecule has 0 saturated carbocycles. The zero-order valence-electron chi connectivity index (χ0n) is 22.9. The number of carbonyl (C=O) groups is 1. The van der Waals surface area contributed by atoms with Gasteiger partial charge in [-0.05, 0) is 90.1 Å². The number of pyridine rings is 1. The quantitative estimate of drug-likeness (QED) is 0.262. The largest absolute Gasteiger partial charge is 0.485 e. The molecule has 4 aromatic rings. The van der Waals surface area contributed by atoms with Gasteiger partial charge in [-0.25, -0.2) is 15.0 Å². The average Bonchev–Trinajstić information content (AvgIpc) is 3.56. The van der Waals surface area contributed by atoms with Crippen LogP contribution in [0.15, 0.2) is 77.8 Å². The van der Waals surface area contributed by atoms with Gasteiger partial charge in [0.15, 0.2) is 16.3 Å². The van der Waals surface area contributed by atoms with Crippen molar-refractivity contribution in [2.75, 3.05) is 31.9 Å². The summed E-state index contributed by atoms with van der Waals surface area (Å²) in [5.74, 6) is 0.960. The molecular weight excluding hydrogens is 580 g/mol. The highest BCUT2D eigenvalue weighted by Crippen LogP contribution is 2.29. The van der Waals surface area contributed by atoms with Crippen molar-refractivity contribution in [3.63, 3.8) is 0 Å². The van der Waals surface area contributed by atoms with E-state index in [2.05, 4.69) is 35.8 Å². The molecule has 0 unspecified atom stereocenters. The molecule has 0 atom stereocenters. The number of nitrogen functional groups attached to an aromatic ring is 1. The zero-order valence-corrected chi connectivity index (χ0v) is 24.5. The monoisotopic (exact) mass is 612 g/mol. The van der Waals surface area contributed by atoms with Crippen LogP contribution in [0.1, 0.15) is 41.6 Å². The van der Waals surface area contributed by atoms with Crippen LogP contribution < -0.4 is 10.5 Å². The van der Waals surface area contributed by atoms with E-state index in [0.717, 1.165) is 53.9 Å². The van der Waals surface area contributed by atoms with Crippen molar-refractivity contribution in [1.82, 2.24) is 24.8 Å². The van der Waals surface area contributed by atoms with Gasteiger partial charge in [-0.2, -0.15) is 0 Å². The van der Waals surface area contributed by atoms with Gasteiger partial charge in [-0.15, -0.1) is 0 Å². The second-order valence-electron chi connectivity index (χ2n) is 10.6. The first-order valence-electron chi connectivity index (χ1n) is 14.1. The molecule has 4 heterocycles. The molecule has 0 aliphatic carbocycles. The summed E-state index contributed by atoms with van der Waals surface area (Å²) in [5.41, 5.74) is 11.5. The van der Waals surface area contributed by atoms with Gasteiger partial charge in [-0.3, -0.25) is 4.79 Å². The van der Waals surface area contributed by atoms with E-state index >= 15 is 0 Å². The predicted octanol–water partition coefficient (Wildman–Crippen LogP) is 5.83. The highest BCUT2D eigenvalue weighted by molar-refractivity contribution is 9.10. The average molecular weight is 614 g/mol. The Morgan fingerprint density at radius 2 is 1.61 bits per heavy atom. The van der Waals surface area contributed by atoms with Crippen LogP contribution in [0.5, 0.6) is 5.75 Å². The molecule has 210 valence electrons. The fourth-order valence-electron chi connectivity index (χ4n) is 5.69. The second kappa shape index (κ2) is 12.4. The van der Waals surface area contributed by atoms with E-state index in [0.29, 0.717) is 34.5 Å².